The Morgan fingerprint density at radius 2 is 2.07 bits per heavy atom. The molecule has 1 aliphatic rings. The lowest BCUT2D eigenvalue weighted by molar-refractivity contribution is -0.146. The SMILES string of the molecule is CCOC(=O)CC(=O)C1CCC(C)C1. The highest BCUT2D eigenvalue weighted by Gasteiger charge is 2.28. The van der Waals surface area contributed by atoms with Gasteiger partial charge in [-0.3, -0.25) is 9.59 Å². The molecule has 0 amide bonds. The first-order valence-electron chi connectivity index (χ1n) is 5.31. The Labute approximate surface area is 84.8 Å². The van der Waals surface area contributed by atoms with Gasteiger partial charge in [0.05, 0.1) is 6.61 Å². The number of ether oxygens (including phenoxy) is 1. The normalized spacial score (nSPS) is 26.1. The van der Waals surface area contributed by atoms with Crippen molar-refractivity contribution >= 4 is 11.8 Å². The van der Waals surface area contributed by atoms with E-state index in [0.29, 0.717) is 12.5 Å². The lowest BCUT2D eigenvalue weighted by atomic mass is 9.99. The number of carbonyl (C=O) groups excluding carboxylic acids is 2. The lowest BCUT2D eigenvalue weighted by Crippen LogP contribution is -2.17. The van der Waals surface area contributed by atoms with Crippen LogP contribution in [0.1, 0.15) is 39.5 Å². The van der Waals surface area contributed by atoms with Crippen LogP contribution >= 0.6 is 0 Å². The summed E-state index contributed by atoms with van der Waals surface area (Å²) in [6.07, 6.45) is 2.96. The van der Waals surface area contributed by atoms with E-state index in [9.17, 15) is 9.59 Å². The van der Waals surface area contributed by atoms with Crippen LogP contribution in [0.5, 0.6) is 0 Å². The van der Waals surface area contributed by atoms with Crippen LogP contribution in [0.2, 0.25) is 0 Å². The van der Waals surface area contributed by atoms with Crippen molar-refractivity contribution in [2.45, 2.75) is 39.5 Å². The summed E-state index contributed by atoms with van der Waals surface area (Å²) in [7, 11) is 0. The molecule has 0 aromatic carbocycles. The van der Waals surface area contributed by atoms with Gasteiger partial charge in [0.1, 0.15) is 12.2 Å². The quantitative estimate of drug-likeness (QED) is 0.512. The first kappa shape index (κ1) is 11.2. The molecular formula is C11H18O3. The molecule has 0 aliphatic heterocycles. The number of Topliss-reactive ketones (excluding diaryl/α,β-unsaturated/α-hetero) is 1. The molecule has 0 bridgehead atoms. The van der Waals surface area contributed by atoms with E-state index >= 15 is 0 Å². The summed E-state index contributed by atoms with van der Waals surface area (Å²) in [5, 5.41) is 0. The van der Waals surface area contributed by atoms with E-state index in [4.69, 9.17) is 4.74 Å². The molecule has 0 radical (unpaired) electrons. The van der Waals surface area contributed by atoms with E-state index in [0.717, 1.165) is 19.3 Å². The highest BCUT2D eigenvalue weighted by Crippen LogP contribution is 2.31. The van der Waals surface area contributed by atoms with Gasteiger partial charge in [0.15, 0.2) is 0 Å². The molecule has 80 valence electrons. The summed E-state index contributed by atoms with van der Waals surface area (Å²) in [4.78, 5) is 22.6. The maximum Gasteiger partial charge on any atom is 0.313 e. The van der Waals surface area contributed by atoms with E-state index in [-0.39, 0.29) is 24.1 Å². The highest BCUT2D eigenvalue weighted by molar-refractivity contribution is 5.96. The third-order valence-electron chi connectivity index (χ3n) is 2.77. The Morgan fingerprint density at radius 3 is 2.57 bits per heavy atom. The molecule has 2 atom stereocenters. The minimum atomic E-state index is -0.378. The fourth-order valence-corrected chi connectivity index (χ4v) is 2.00. The first-order chi connectivity index (χ1) is 6.63. The zero-order chi connectivity index (χ0) is 10.6. The van der Waals surface area contributed by atoms with Crippen molar-refractivity contribution in [3.63, 3.8) is 0 Å². The van der Waals surface area contributed by atoms with Crippen LogP contribution in [0.25, 0.3) is 0 Å². The van der Waals surface area contributed by atoms with Crippen LogP contribution in [-0.2, 0) is 14.3 Å². The molecule has 1 saturated carbocycles. The van der Waals surface area contributed by atoms with E-state index in [1.807, 2.05) is 0 Å². The van der Waals surface area contributed by atoms with Gasteiger partial charge in [0, 0.05) is 5.92 Å². The monoisotopic (exact) mass is 198 g/mol. The van der Waals surface area contributed by atoms with Gasteiger partial charge in [-0.2, -0.15) is 0 Å². The number of ketones is 1. The van der Waals surface area contributed by atoms with Crippen molar-refractivity contribution in [2.75, 3.05) is 6.61 Å². The third-order valence-corrected chi connectivity index (χ3v) is 2.77. The Kier molecular flexibility index (Phi) is 4.11. The number of rotatable bonds is 4. The Hall–Kier alpha value is -0.860. The van der Waals surface area contributed by atoms with Gasteiger partial charge < -0.3 is 4.74 Å². The molecule has 2 unspecified atom stereocenters. The van der Waals surface area contributed by atoms with E-state index in [1.165, 1.54) is 0 Å². The Bertz CT molecular complexity index is 223. The van der Waals surface area contributed by atoms with Crippen LogP contribution in [0, 0.1) is 11.8 Å². The predicted octanol–water partition coefficient (Wildman–Crippen LogP) is 1.94. The third kappa shape index (κ3) is 3.13. The molecular weight excluding hydrogens is 180 g/mol. The molecule has 0 spiro atoms. The summed E-state index contributed by atoms with van der Waals surface area (Å²) >= 11 is 0. The molecule has 0 saturated heterocycles. The molecule has 0 aromatic rings. The second kappa shape index (κ2) is 5.13. The fourth-order valence-electron chi connectivity index (χ4n) is 2.00. The van der Waals surface area contributed by atoms with Crippen molar-refractivity contribution in [3.8, 4) is 0 Å². The average Bonchev–Trinajstić information content (AvgIpc) is 2.52. The average molecular weight is 198 g/mol. The zero-order valence-electron chi connectivity index (χ0n) is 8.91. The highest BCUT2D eigenvalue weighted by atomic mass is 16.5. The van der Waals surface area contributed by atoms with Crippen molar-refractivity contribution in [1.82, 2.24) is 0 Å². The van der Waals surface area contributed by atoms with Gasteiger partial charge in [0.2, 0.25) is 0 Å². The van der Waals surface area contributed by atoms with Gasteiger partial charge in [-0.25, -0.2) is 0 Å². The minimum absolute atomic E-state index is 0.0365. The standard InChI is InChI=1S/C11H18O3/c1-3-14-11(13)7-10(12)9-5-4-8(2)6-9/h8-9H,3-7H2,1-2H3. The van der Waals surface area contributed by atoms with Gasteiger partial charge >= 0.3 is 5.97 Å². The number of carbonyl (C=O) groups is 2. The predicted molar refractivity (Wildman–Crippen MR) is 52.8 cm³/mol. The van der Waals surface area contributed by atoms with Crippen LogP contribution in [0.3, 0.4) is 0 Å². The second-order valence-electron chi connectivity index (χ2n) is 4.06. The summed E-state index contributed by atoms with van der Waals surface area (Å²) in [5.74, 6) is 0.422. The van der Waals surface area contributed by atoms with Crippen molar-refractivity contribution < 1.29 is 14.3 Å². The molecule has 0 aromatic heterocycles. The van der Waals surface area contributed by atoms with E-state index in [2.05, 4.69) is 6.92 Å². The zero-order valence-corrected chi connectivity index (χ0v) is 8.91. The van der Waals surface area contributed by atoms with E-state index < -0.39 is 0 Å². The van der Waals surface area contributed by atoms with Crippen LogP contribution in [0.15, 0.2) is 0 Å². The molecule has 1 fully saturated rings. The maximum atomic E-state index is 11.6. The van der Waals surface area contributed by atoms with Crippen molar-refractivity contribution in [2.24, 2.45) is 11.8 Å². The van der Waals surface area contributed by atoms with Crippen LogP contribution < -0.4 is 0 Å². The lowest BCUT2D eigenvalue weighted by Gasteiger charge is -2.07. The smallest absolute Gasteiger partial charge is 0.313 e. The fraction of sp³-hybridized carbons (Fsp3) is 0.818. The van der Waals surface area contributed by atoms with Gasteiger partial charge in [-0.05, 0) is 32.1 Å². The second-order valence-corrected chi connectivity index (χ2v) is 4.06. The van der Waals surface area contributed by atoms with Gasteiger partial charge in [0.25, 0.3) is 0 Å². The van der Waals surface area contributed by atoms with Crippen molar-refractivity contribution in [1.29, 1.82) is 0 Å². The molecule has 1 rings (SSSR count). The topological polar surface area (TPSA) is 43.4 Å². The molecule has 1 aliphatic carbocycles. The number of hydrogen-bond acceptors (Lipinski definition) is 3. The van der Waals surface area contributed by atoms with Crippen molar-refractivity contribution in [3.05, 3.63) is 0 Å². The molecule has 3 heteroatoms. The molecule has 3 nitrogen and oxygen atoms in total. The number of esters is 1. The molecule has 14 heavy (non-hydrogen) atoms. The minimum Gasteiger partial charge on any atom is -0.466 e. The van der Waals surface area contributed by atoms with Crippen LogP contribution in [0.4, 0.5) is 0 Å². The Morgan fingerprint density at radius 1 is 1.36 bits per heavy atom. The van der Waals surface area contributed by atoms with Gasteiger partial charge in [-0.1, -0.05) is 6.92 Å². The first-order valence-corrected chi connectivity index (χ1v) is 5.31. The summed E-state index contributed by atoms with van der Waals surface area (Å²) < 4.78 is 4.74. The van der Waals surface area contributed by atoms with E-state index in [1.54, 1.807) is 6.92 Å². The van der Waals surface area contributed by atoms with Crippen LogP contribution in [-0.4, -0.2) is 18.4 Å². The molecule has 0 heterocycles. The summed E-state index contributed by atoms with van der Waals surface area (Å²) in [5.41, 5.74) is 0. The Balaban J connectivity index is 2.31. The summed E-state index contributed by atoms with van der Waals surface area (Å²) in [6, 6.07) is 0. The number of hydrogen-bond donors (Lipinski definition) is 0. The maximum absolute atomic E-state index is 11.6. The summed E-state index contributed by atoms with van der Waals surface area (Å²) in [6.45, 7) is 4.25. The largest absolute Gasteiger partial charge is 0.466 e. The van der Waals surface area contributed by atoms with Gasteiger partial charge in [-0.15, -0.1) is 0 Å². The molecule has 0 N–H and O–H groups in total.